The van der Waals surface area contributed by atoms with E-state index in [1.807, 2.05) is 0 Å². The average molecular weight is 417 g/mol. The molecule has 0 radical (unpaired) electrons. The number of sulfone groups is 1. The molecule has 4 rings (SSSR count). The van der Waals surface area contributed by atoms with E-state index in [1.165, 1.54) is 12.4 Å². The lowest BCUT2D eigenvalue weighted by Crippen LogP contribution is -2.26. The molecule has 0 saturated heterocycles. The number of halogens is 4. The third-order valence-electron chi connectivity index (χ3n) is 4.64. The lowest BCUT2D eigenvalue weighted by atomic mass is 10.0. The summed E-state index contributed by atoms with van der Waals surface area (Å²) >= 11 is 5.84. The monoisotopic (exact) mass is 416 g/mol. The Hall–Kier alpha value is -2.13. The number of aromatic nitrogens is 2. The molecule has 2 heterocycles. The van der Waals surface area contributed by atoms with Crippen molar-refractivity contribution < 1.29 is 26.7 Å². The summed E-state index contributed by atoms with van der Waals surface area (Å²) in [5, 5.41) is 9.37. The number of nitrogens with zero attached hydrogens (tertiary/aromatic N) is 2. The van der Waals surface area contributed by atoms with Crippen LogP contribution in [0.15, 0.2) is 30.6 Å². The molecule has 0 spiro atoms. The zero-order valence-corrected chi connectivity index (χ0v) is 15.1. The molecule has 1 aliphatic heterocycles. The normalized spacial score (nSPS) is 21.9. The fourth-order valence-corrected chi connectivity index (χ4v) is 5.88. The van der Waals surface area contributed by atoms with Crippen molar-refractivity contribution >= 4 is 32.1 Å². The number of fused-ring (bicyclic) bond motifs is 1. The maximum Gasteiger partial charge on any atom is 0.417 e. The van der Waals surface area contributed by atoms with Crippen LogP contribution in [0.4, 0.5) is 13.2 Å². The summed E-state index contributed by atoms with van der Waals surface area (Å²) in [5.74, 6) is -1.12. The SMILES string of the molecule is O=S1(=O)C(c2cc(Cl)ccc2C(F)(F)F)=C(O)c2nccnc2C1C1CC1. The van der Waals surface area contributed by atoms with Gasteiger partial charge in [0.2, 0.25) is 0 Å². The molecular weight excluding hydrogens is 405 g/mol. The van der Waals surface area contributed by atoms with E-state index in [9.17, 15) is 26.7 Å². The van der Waals surface area contributed by atoms with Crippen molar-refractivity contribution in [1.82, 2.24) is 9.97 Å². The molecule has 142 valence electrons. The lowest BCUT2D eigenvalue weighted by molar-refractivity contribution is -0.137. The highest BCUT2D eigenvalue weighted by Crippen LogP contribution is 2.54. The summed E-state index contributed by atoms with van der Waals surface area (Å²) in [4.78, 5) is 7.20. The highest BCUT2D eigenvalue weighted by molar-refractivity contribution is 8.01. The summed E-state index contributed by atoms with van der Waals surface area (Å²) in [7, 11) is -4.35. The van der Waals surface area contributed by atoms with E-state index in [4.69, 9.17) is 11.6 Å². The highest BCUT2D eigenvalue weighted by atomic mass is 35.5. The molecule has 1 atom stereocenters. The summed E-state index contributed by atoms with van der Waals surface area (Å²) in [6, 6.07) is 2.62. The molecule has 10 heteroatoms. The van der Waals surface area contributed by atoms with Gasteiger partial charge in [0.15, 0.2) is 15.6 Å². The van der Waals surface area contributed by atoms with Gasteiger partial charge >= 0.3 is 6.18 Å². The Labute approximate surface area is 157 Å². The number of alkyl halides is 3. The van der Waals surface area contributed by atoms with Crippen LogP contribution in [0.25, 0.3) is 10.7 Å². The van der Waals surface area contributed by atoms with Gasteiger partial charge < -0.3 is 5.11 Å². The van der Waals surface area contributed by atoms with Crippen molar-refractivity contribution in [1.29, 1.82) is 0 Å². The van der Waals surface area contributed by atoms with Crippen LogP contribution >= 0.6 is 11.6 Å². The molecule has 27 heavy (non-hydrogen) atoms. The van der Waals surface area contributed by atoms with E-state index in [0.717, 1.165) is 12.1 Å². The average Bonchev–Trinajstić information content (AvgIpc) is 3.38. The zero-order chi connectivity index (χ0) is 19.6. The molecule has 0 bridgehead atoms. The van der Waals surface area contributed by atoms with Gasteiger partial charge in [0.1, 0.15) is 15.8 Å². The Morgan fingerprint density at radius 1 is 1.15 bits per heavy atom. The molecule has 0 amide bonds. The van der Waals surface area contributed by atoms with Crippen LogP contribution in [0.3, 0.4) is 0 Å². The largest absolute Gasteiger partial charge is 0.504 e. The van der Waals surface area contributed by atoms with Crippen molar-refractivity contribution in [3.05, 3.63) is 58.1 Å². The second kappa shape index (κ2) is 5.93. The van der Waals surface area contributed by atoms with Crippen molar-refractivity contribution in [2.45, 2.75) is 24.3 Å². The fraction of sp³-hybridized carbons (Fsp3) is 0.294. The topological polar surface area (TPSA) is 80.2 Å². The smallest absolute Gasteiger partial charge is 0.417 e. The van der Waals surface area contributed by atoms with E-state index >= 15 is 0 Å². The van der Waals surface area contributed by atoms with Crippen LogP contribution in [-0.4, -0.2) is 23.5 Å². The maximum absolute atomic E-state index is 13.5. The van der Waals surface area contributed by atoms with Gasteiger partial charge in [-0.2, -0.15) is 13.2 Å². The van der Waals surface area contributed by atoms with Gasteiger partial charge in [0, 0.05) is 23.0 Å². The van der Waals surface area contributed by atoms with Gasteiger partial charge in [-0.15, -0.1) is 0 Å². The molecule has 1 aromatic carbocycles. The molecule has 1 aromatic heterocycles. The Bertz CT molecular complexity index is 1080. The van der Waals surface area contributed by atoms with Gasteiger partial charge in [-0.25, -0.2) is 13.4 Å². The molecule has 1 N–H and O–H groups in total. The first-order valence-electron chi connectivity index (χ1n) is 7.98. The van der Waals surface area contributed by atoms with Gasteiger partial charge in [-0.3, -0.25) is 4.98 Å². The summed E-state index contributed by atoms with van der Waals surface area (Å²) in [5.41, 5.74) is -1.93. The van der Waals surface area contributed by atoms with Crippen LogP contribution < -0.4 is 0 Å². The van der Waals surface area contributed by atoms with Crippen LogP contribution in [0.5, 0.6) is 0 Å². The van der Waals surface area contributed by atoms with E-state index in [0.29, 0.717) is 18.9 Å². The highest BCUT2D eigenvalue weighted by Gasteiger charge is 2.51. The van der Waals surface area contributed by atoms with Crippen LogP contribution in [0.1, 0.15) is 40.6 Å². The Balaban J connectivity index is 2.08. The third kappa shape index (κ3) is 2.89. The minimum absolute atomic E-state index is 0.0665. The summed E-state index contributed by atoms with van der Waals surface area (Å²) in [6.07, 6.45) is -1.08. The molecule has 2 aromatic rings. The zero-order valence-electron chi connectivity index (χ0n) is 13.5. The first kappa shape index (κ1) is 18.2. The Morgan fingerprint density at radius 2 is 1.81 bits per heavy atom. The number of aliphatic hydroxyl groups excluding tert-OH is 1. The first-order chi connectivity index (χ1) is 12.6. The minimum Gasteiger partial charge on any atom is -0.504 e. The predicted molar refractivity (Wildman–Crippen MR) is 92.3 cm³/mol. The Morgan fingerprint density at radius 3 is 2.44 bits per heavy atom. The van der Waals surface area contributed by atoms with Gasteiger partial charge in [-0.05, 0) is 37.0 Å². The van der Waals surface area contributed by atoms with E-state index in [1.54, 1.807) is 0 Å². The molecule has 1 saturated carbocycles. The fourth-order valence-electron chi connectivity index (χ4n) is 3.36. The molecule has 1 aliphatic carbocycles. The van der Waals surface area contributed by atoms with E-state index in [2.05, 4.69) is 9.97 Å². The van der Waals surface area contributed by atoms with E-state index < -0.39 is 43.1 Å². The molecule has 1 fully saturated rings. The number of benzene rings is 1. The molecule has 5 nitrogen and oxygen atoms in total. The van der Waals surface area contributed by atoms with Crippen molar-refractivity contribution in [3.8, 4) is 0 Å². The quantitative estimate of drug-likeness (QED) is 0.784. The first-order valence-corrected chi connectivity index (χ1v) is 9.90. The van der Waals surface area contributed by atoms with Crippen LogP contribution in [-0.2, 0) is 16.0 Å². The standard InChI is InChI=1S/C17H12ClF3N2O3S/c18-9-3-4-11(17(19,20)21)10(7-9)16-14(24)12-13(23-6-5-22-12)15(8-1-2-8)27(16,25)26/h3-8,15,24H,1-2H2. The predicted octanol–water partition coefficient (Wildman–Crippen LogP) is 4.41. The van der Waals surface area contributed by atoms with Gasteiger partial charge in [0.05, 0.1) is 11.3 Å². The second-order valence-corrected chi connectivity index (χ2v) is 8.90. The third-order valence-corrected chi connectivity index (χ3v) is 7.13. The van der Waals surface area contributed by atoms with Crippen LogP contribution in [0, 0.1) is 5.92 Å². The van der Waals surface area contributed by atoms with Gasteiger partial charge in [-0.1, -0.05) is 11.6 Å². The summed E-state index contributed by atoms with van der Waals surface area (Å²) in [6.45, 7) is 0. The second-order valence-electron chi connectivity index (χ2n) is 6.46. The van der Waals surface area contributed by atoms with Crippen LogP contribution in [0.2, 0.25) is 5.02 Å². The maximum atomic E-state index is 13.5. The molecule has 2 aliphatic rings. The van der Waals surface area contributed by atoms with Crippen molar-refractivity contribution in [2.24, 2.45) is 5.92 Å². The number of aliphatic hydroxyl groups is 1. The Kier molecular flexibility index (Phi) is 4.01. The van der Waals surface area contributed by atoms with E-state index in [-0.39, 0.29) is 22.3 Å². The molecule has 1 unspecified atom stereocenters. The van der Waals surface area contributed by atoms with Crippen molar-refractivity contribution in [2.75, 3.05) is 0 Å². The number of hydrogen-bond donors (Lipinski definition) is 1. The minimum atomic E-state index is -4.83. The number of rotatable bonds is 2. The number of hydrogen-bond acceptors (Lipinski definition) is 5. The van der Waals surface area contributed by atoms with Crippen molar-refractivity contribution in [3.63, 3.8) is 0 Å². The molecular formula is C17H12ClF3N2O3S. The summed E-state index contributed by atoms with van der Waals surface area (Å²) < 4.78 is 67.0. The lowest BCUT2D eigenvalue weighted by Gasteiger charge is -2.27. The van der Waals surface area contributed by atoms with Gasteiger partial charge in [0.25, 0.3) is 0 Å².